The molecule has 3 N–H and O–H groups in total. The number of urea groups is 1. The average molecular weight is 265 g/mol. The Morgan fingerprint density at radius 3 is 2.53 bits per heavy atom. The van der Waals surface area contributed by atoms with Gasteiger partial charge in [0, 0.05) is 6.04 Å². The van der Waals surface area contributed by atoms with Crippen molar-refractivity contribution in [3.63, 3.8) is 0 Å². The Bertz CT molecular complexity index is 445. The number of amides is 2. The highest BCUT2D eigenvalue weighted by molar-refractivity contribution is 5.90. The standard InChI is InChI=1S/C13H19N3O3/c1-4-8(2)9(3)15-13(19)16-10-5-6-11(12(17)18)14-7-10/h5-9H,4H2,1-3H3,(H,17,18)(H2,15,16,19). The lowest BCUT2D eigenvalue weighted by Gasteiger charge is -2.20. The molecule has 0 radical (unpaired) electrons. The number of aromatic nitrogens is 1. The maximum absolute atomic E-state index is 11.7. The van der Waals surface area contributed by atoms with E-state index in [9.17, 15) is 9.59 Å². The highest BCUT2D eigenvalue weighted by Crippen LogP contribution is 2.08. The number of nitrogens with zero attached hydrogens (tertiary/aromatic N) is 1. The summed E-state index contributed by atoms with van der Waals surface area (Å²) < 4.78 is 0. The van der Waals surface area contributed by atoms with Gasteiger partial charge in [0.05, 0.1) is 11.9 Å². The van der Waals surface area contributed by atoms with E-state index in [2.05, 4.69) is 29.5 Å². The molecule has 0 saturated carbocycles. The molecule has 0 bridgehead atoms. The number of anilines is 1. The van der Waals surface area contributed by atoms with Gasteiger partial charge in [-0.25, -0.2) is 14.6 Å². The Hall–Kier alpha value is -2.11. The number of carbonyl (C=O) groups excluding carboxylic acids is 1. The van der Waals surface area contributed by atoms with Gasteiger partial charge in [0.25, 0.3) is 0 Å². The van der Waals surface area contributed by atoms with Crippen molar-refractivity contribution in [2.24, 2.45) is 5.92 Å². The Morgan fingerprint density at radius 1 is 1.37 bits per heavy atom. The van der Waals surface area contributed by atoms with Crippen molar-refractivity contribution in [3.05, 3.63) is 24.0 Å². The van der Waals surface area contributed by atoms with Crippen molar-refractivity contribution >= 4 is 17.7 Å². The van der Waals surface area contributed by atoms with Crippen LogP contribution in [0, 0.1) is 5.92 Å². The number of carboxylic acid groups (broad SMARTS) is 1. The Morgan fingerprint density at radius 2 is 2.05 bits per heavy atom. The summed E-state index contributed by atoms with van der Waals surface area (Å²) in [6.07, 6.45) is 2.30. The van der Waals surface area contributed by atoms with Crippen LogP contribution in [0.1, 0.15) is 37.7 Å². The van der Waals surface area contributed by atoms with E-state index in [4.69, 9.17) is 5.11 Å². The normalized spacial score (nSPS) is 13.4. The summed E-state index contributed by atoms with van der Waals surface area (Å²) >= 11 is 0. The molecule has 2 amide bonds. The van der Waals surface area contributed by atoms with E-state index in [1.165, 1.54) is 18.3 Å². The highest BCUT2D eigenvalue weighted by atomic mass is 16.4. The summed E-state index contributed by atoms with van der Waals surface area (Å²) in [7, 11) is 0. The summed E-state index contributed by atoms with van der Waals surface area (Å²) in [6.45, 7) is 6.07. The molecule has 0 spiro atoms. The molecule has 1 heterocycles. The van der Waals surface area contributed by atoms with Crippen molar-refractivity contribution < 1.29 is 14.7 Å². The molecule has 19 heavy (non-hydrogen) atoms. The fraction of sp³-hybridized carbons (Fsp3) is 0.462. The van der Waals surface area contributed by atoms with Crippen LogP contribution in [0.15, 0.2) is 18.3 Å². The molecule has 0 fully saturated rings. The zero-order valence-corrected chi connectivity index (χ0v) is 11.3. The van der Waals surface area contributed by atoms with Crippen molar-refractivity contribution in [1.82, 2.24) is 10.3 Å². The SMILES string of the molecule is CCC(C)C(C)NC(=O)Nc1ccc(C(=O)O)nc1. The maximum Gasteiger partial charge on any atom is 0.354 e. The van der Waals surface area contributed by atoms with Crippen molar-refractivity contribution in [3.8, 4) is 0 Å². The molecule has 1 aromatic heterocycles. The van der Waals surface area contributed by atoms with Crippen LogP contribution in [-0.2, 0) is 0 Å². The van der Waals surface area contributed by atoms with Gasteiger partial charge in [-0.2, -0.15) is 0 Å². The van der Waals surface area contributed by atoms with Gasteiger partial charge in [-0.1, -0.05) is 20.3 Å². The molecule has 1 rings (SSSR count). The molecule has 2 unspecified atom stereocenters. The predicted octanol–water partition coefficient (Wildman–Crippen LogP) is 2.34. The average Bonchev–Trinajstić information content (AvgIpc) is 2.38. The Kier molecular flexibility index (Phi) is 5.29. The fourth-order valence-electron chi connectivity index (χ4n) is 1.46. The molecule has 6 nitrogen and oxygen atoms in total. The molecule has 0 saturated heterocycles. The number of pyridine rings is 1. The van der Waals surface area contributed by atoms with E-state index < -0.39 is 5.97 Å². The number of carboxylic acids is 1. The second kappa shape index (κ2) is 6.72. The van der Waals surface area contributed by atoms with Gasteiger partial charge in [-0.15, -0.1) is 0 Å². The number of hydrogen-bond acceptors (Lipinski definition) is 3. The van der Waals surface area contributed by atoms with E-state index in [0.717, 1.165) is 6.42 Å². The predicted molar refractivity (Wildman–Crippen MR) is 72.3 cm³/mol. The van der Waals surface area contributed by atoms with Crippen LogP contribution in [0.4, 0.5) is 10.5 Å². The van der Waals surface area contributed by atoms with Gasteiger partial charge in [0.15, 0.2) is 0 Å². The third kappa shape index (κ3) is 4.57. The van der Waals surface area contributed by atoms with Crippen LogP contribution in [0.3, 0.4) is 0 Å². The zero-order valence-electron chi connectivity index (χ0n) is 11.3. The molecular weight excluding hydrogens is 246 g/mol. The first-order valence-electron chi connectivity index (χ1n) is 6.21. The molecule has 104 valence electrons. The number of hydrogen-bond donors (Lipinski definition) is 3. The largest absolute Gasteiger partial charge is 0.477 e. The quantitative estimate of drug-likeness (QED) is 0.762. The summed E-state index contributed by atoms with van der Waals surface area (Å²) in [6, 6.07) is 2.59. The second-order valence-corrected chi connectivity index (χ2v) is 4.51. The van der Waals surface area contributed by atoms with Gasteiger partial charge in [-0.3, -0.25) is 0 Å². The monoisotopic (exact) mass is 265 g/mol. The maximum atomic E-state index is 11.7. The van der Waals surface area contributed by atoms with Gasteiger partial charge in [0.2, 0.25) is 0 Å². The van der Waals surface area contributed by atoms with Crippen LogP contribution >= 0.6 is 0 Å². The topological polar surface area (TPSA) is 91.3 Å². The summed E-state index contributed by atoms with van der Waals surface area (Å²) in [5, 5.41) is 14.1. The van der Waals surface area contributed by atoms with Crippen molar-refractivity contribution in [2.75, 3.05) is 5.32 Å². The van der Waals surface area contributed by atoms with Crippen LogP contribution in [-0.4, -0.2) is 28.1 Å². The minimum atomic E-state index is -1.10. The van der Waals surface area contributed by atoms with E-state index in [1.54, 1.807) is 0 Å². The van der Waals surface area contributed by atoms with Crippen molar-refractivity contribution in [2.45, 2.75) is 33.2 Å². The first-order chi connectivity index (χ1) is 8.93. The minimum absolute atomic E-state index is 0.0565. The van der Waals surface area contributed by atoms with E-state index in [0.29, 0.717) is 11.6 Å². The molecule has 1 aromatic rings. The number of carbonyl (C=O) groups is 2. The molecular formula is C13H19N3O3. The zero-order chi connectivity index (χ0) is 14.4. The smallest absolute Gasteiger partial charge is 0.354 e. The molecule has 6 heteroatoms. The summed E-state index contributed by atoms with van der Waals surface area (Å²) in [4.78, 5) is 26.0. The van der Waals surface area contributed by atoms with Gasteiger partial charge < -0.3 is 15.7 Å². The molecule has 0 aliphatic carbocycles. The fourth-order valence-corrected chi connectivity index (χ4v) is 1.46. The highest BCUT2D eigenvalue weighted by Gasteiger charge is 2.13. The lowest BCUT2D eigenvalue weighted by molar-refractivity contribution is 0.0690. The van der Waals surface area contributed by atoms with Crippen molar-refractivity contribution in [1.29, 1.82) is 0 Å². The third-order valence-corrected chi connectivity index (χ3v) is 3.10. The Labute approximate surface area is 112 Å². The van der Waals surface area contributed by atoms with Gasteiger partial charge in [0.1, 0.15) is 5.69 Å². The summed E-state index contributed by atoms with van der Waals surface area (Å²) in [5.74, 6) is -0.709. The minimum Gasteiger partial charge on any atom is -0.477 e. The first-order valence-corrected chi connectivity index (χ1v) is 6.21. The van der Waals surface area contributed by atoms with Gasteiger partial charge in [-0.05, 0) is 25.0 Å². The van der Waals surface area contributed by atoms with E-state index in [-0.39, 0.29) is 17.8 Å². The van der Waals surface area contributed by atoms with Crippen LogP contribution < -0.4 is 10.6 Å². The molecule has 0 aliphatic rings. The van der Waals surface area contributed by atoms with Crippen LogP contribution in [0.2, 0.25) is 0 Å². The van der Waals surface area contributed by atoms with Crippen LogP contribution in [0.5, 0.6) is 0 Å². The number of rotatable bonds is 5. The molecule has 0 aromatic carbocycles. The lowest BCUT2D eigenvalue weighted by Crippen LogP contribution is -2.39. The molecule has 2 atom stereocenters. The number of aromatic carboxylic acids is 1. The van der Waals surface area contributed by atoms with E-state index in [1.807, 2.05) is 6.92 Å². The number of nitrogens with one attached hydrogen (secondary N) is 2. The van der Waals surface area contributed by atoms with Crippen LogP contribution in [0.25, 0.3) is 0 Å². The second-order valence-electron chi connectivity index (χ2n) is 4.51. The summed E-state index contributed by atoms with van der Waals surface area (Å²) in [5.41, 5.74) is 0.401. The lowest BCUT2D eigenvalue weighted by atomic mass is 10.0. The Balaban J connectivity index is 2.55. The van der Waals surface area contributed by atoms with Gasteiger partial charge >= 0.3 is 12.0 Å². The molecule has 0 aliphatic heterocycles. The third-order valence-electron chi connectivity index (χ3n) is 3.10. The first kappa shape index (κ1) is 14.9. The van der Waals surface area contributed by atoms with E-state index >= 15 is 0 Å².